The standard InChI is InChI=1S/C18H30O5/c1-8-11-9-13(12(10-19)15(20)22-16(2,3)4)18(7)14(11)21-17(5,6)23-18/h10-11,13-14,19H,8-9H2,1-7H3/b12-10-/t11-,13-,14+,18-/m0/s1. The van der Waals surface area contributed by atoms with Crippen LogP contribution < -0.4 is 0 Å². The lowest BCUT2D eigenvalue weighted by molar-refractivity contribution is -0.177. The van der Waals surface area contributed by atoms with Crippen LogP contribution in [0.4, 0.5) is 0 Å². The summed E-state index contributed by atoms with van der Waals surface area (Å²) in [5.41, 5.74) is -0.985. The quantitative estimate of drug-likeness (QED) is 0.486. The number of aliphatic hydroxyl groups is 1. The Morgan fingerprint density at radius 1 is 1.35 bits per heavy atom. The highest BCUT2D eigenvalue weighted by molar-refractivity contribution is 5.89. The van der Waals surface area contributed by atoms with Gasteiger partial charge in [0.25, 0.3) is 0 Å². The Labute approximate surface area is 139 Å². The van der Waals surface area contributed by atoms with Crippen molar-refractivity contribution in [1.29, 1.82) is 0 Å². The van der Waals surface area contributed by atoms with Crippen LogP contribution in [-0.4, -0.2) is 34.2 Å². The predicted octanol–water partition coefficient (Wildman–Crippen LogP) is 3.73. The van der Waals surface area contributed by atoms with Gasteiger partial charge in [0.05, 0.1) is 17.9 Å². The molecule has 1 saturated heterocycles. The lowest BCUT2D eigenvalue weighted by atomic mass is 9.85. The molecule has 1 aliphatic heterocycles. The summed E-state index contributed by atoms with van der Waals surface area (Å²) < 4.78 is 17.7. The Balaban J connectivity index is 2.32. The molecule has 0 bridgehead atoms. The smallest absolute Gasteiger partial charge is 0.338 e. The van der Waals surface area contributed by atoms with Gasteiger partial charge in [0.15, 0.2) is 5.79 Å². The third kappa shape index (κ3) is 3.41. The number of rotatable bonds is 3. The molecule has 1 aliphatic carbocycles. The number of esters is 1. The average molecular weight is 326 g/mol. The second kappa shape index (κ2) is 5.78. The summed E-state index contributed by atoms with van der Waals surface area (Å²) in [5.74, 6) is -1.15. The van der Waals surface area contributed by atoms with Gasteiger partial charge < -0.3 is 19.3 Å². The fourth-order valence-corrected chi connectivity index (χ4v) is 3.97. The number of hydrogen-bond acceptors (Lipinski definition) is 5. The topological polar surface area (TPSA) is 65.0 Å². The van der Waals surface area contributed by atoms with Crippen molar-refractivity contribution >= 4 is 5.97 Å². The molecule has 5 heteroatoms. The zero-order valence-electron chi connectivity index (χ0n) is 15.3. The molecule has 132 valence electrons. The van der Waals surface area contributed by atoms with Gasteiger partial charge in [-0.05, 0) is 53.9 Å². The molecule has 0 unspecified atom stereocenters. The van der Waals surface area contributed by atoms with Gasteiger partial charge in [-0.15, -0.1) is 0 Å². The van der Waals surface area contributed by atoms with Crippen LogP contribution in [0, 0.1) is 11.8 Å². The fourth-order valence-electron chi connectivity index (χ4n) is 3.97. The van der Waals surface area contributed by atoms with Crippen molar-refractivity contribution in [2.45, 2.75) is 84.4 Å². The van der Waals surface area contributed by atoms with Gasteiger partial charge in [-0.3, -0.25) is 0 Å². The van der Waals surface area contributed by atoms with Crippen molar-refractivity contribution in [3.05, 3.63) is 11.8 Å². The van der Waals surface area contributed by atoms with E-state index < -0.39 is 23.0 Å². The molecule has 2 aliphatic rings. The monoisotopic (exact) mass is 326 g/mol. The van der Waals surface area contributed by atoms with Crippen LogP contribution >= 0.6 is 0 Å². The number of aliphatic hydroxyl groups excluding tert-OH is 1. The first kappa shape index (κ1) is 18.3. The van der Waals surface area contributed by atoms with Crippen molar-refractivity contribution in [3.8, 4) is 0 Å². The fraction of sp³-hybridized carbons (Fsp3) is 0.833. The molecule has 0 amide bonds. The van der Waals surface area contributed by atoms with E-state index in [-0.39, 0.29) is 23.5 Å². The van der Waals surface area contributed by atoms with E-state index in [1.165, 1.54) is 0 Å². The molecular weight excluding hydrogens is 296 g/mol. The van der Waals surface area contributed by atoms with Crippen LogP contribution in [0.1, 0.15) is 61.3 Å². The largest absolute Gasteiger partial charge is 0.515 e. The Morgan fingerprint density at radius 3 is 2.43 bits per heavy atom. The molecule has 1 saturated carbocycles. The molecule has 0 aromatic heterocycles. The average Bonchev–Trinajstić information content (AvgIpc) is 2.75. The lowest BCUT2D eigenvalue weighted by Crippen LogP contribution is -2.42. The van der Waals surface area contributed by atoms with Crippen LogP contribution in [0.15, 0.2) is 11.8 Å². The molecule has 23 heavy (non-hydrogen) atoms. The summed E-state index contributed by atoms with van der Waals surface area (Å²) in [6.45, 7) is 13.3. The summed E-state index contributed by atoms with van der Waals surface area (Å²) in [4.78, 5) is 12.5. The van der Waals surface area contributed by atoms with E-state index in [2.05, 4.69) is 6.92 Å². The molecule has 2 rings (SSSR count). The van der Waals surface area contributed by atoms with E-state index in [0.29, 0.717) is 0 Å². The maximum Gasteiger partial charge on any atom is 0.338 e. The number of fused-ring (bicyclic) bond motifs is 1. The number of carbonyl (C=O) groups excluding carboxylic acids is 1. The summed E-state index contributed by atoms with van der Waals surface area (Å²) in [6, 6.07) is 0. The van der Waals surface area contributed by atoms with Crippen LogP contribution in [0.25, 0.3) is 0 Å². The van der Waals surface area contributed by atoms with E-state index in [0.717, 1.165) is 19.1 Å². The minimum atomic E-state index is -0.694. The molecule has 0 aromatic carbocycles. The van der Waals surface area contributed by atoms with Crippen LogP contribution in [0.5, 0.6) is 0 Å². The highest BCUT2D eigenvalue weighted by Crippen LogP contribution is 2.55. The second-order valence-electron chi connectivity index (χ2n) is 8.27. The second-order valence-corrected chi connectivity index (χ2v) is 8.27. The molecule has 2 fully saturated rings. The Hall–Kier alpha value is -1.07. The highest BCUT2D eigenvalue weighted by Gasteiger charge is 2.63. The predicted molar refractivity (Wildman–Crippen MR) is 86.9 cm³/mol. The Kier molecular flexibility index (Phi) is 4.59. The number of ether oxygens (including phenoxy) is 3. The van der Waals surface area contributed by atoms with Crippen molar-refractivity contribution in [2.75, 3.05) is 0 Å². The van der Waals surface area contributed by atoms with E-state index in [4.69, 9.17) is 14.2 Å². The van der Waals surface area contributed by atoms with E-state index in [1.54, 1.807) is 0 Å². The van der Waals surface area contributed by atoms with Gasteiger partial charge in [0, 0.05) is 5.92 Å². The first-order chi connectivity index (χ1) is 10.4. The number of hydrogen-bond donors (Lipinski definition) is 1. The molecule has 1 N–H and O–H groups in total. The van der Waals surface area contributed by atoms with Crippen LogP contribution in [-0.2, 0) is 19.0 Å². The van der Waals surface area contributed by atoms with E-state index >= 15 is 0 Å². The van der Waals surface area contributed by atoms with Gasteiger partial charge in [-0.1, -0.05) is 13.3 Å². The molecule has 0 radical (unpaired) electrons. The Morgan fingerprint density at radius 2 is 1.96 bits per heavy atom. The maximum absolute atomic E-state index is 12.5. The lowest BCUT2D eigenvalue weighted by Gasteiger charge is -2.32. The van der Waals surface area contributed by atoms with Crippen LogP contribution in [0.3, 0.4) is 0 Å². The maximum atomic E-state index is 12.5. The van der Waals surface area contributed by atoms with Gasteiger partial charge in [0.1, 0.15) is 11.2 Å². The van der Waals surface area contributed by atoms with Gasteiger partial charge >= 0.3 is 5.97 Å². The molecule has 0 spiro atoms. The van der Waals surface area contributed by atoms with Crippen molar-refractivity contribution in [2.24, 2.45) is 11.8 Å². The van der Waals surface area contributed by atoms with Crippen molar-refractivity contribution < 1.29 is 24.1 Å². The van der Waals surface area contributed by atoms with Gasteiger partial charge in [-0.2, -0.15) is 0 Å². The molecule has 1 heterocycles. The Bertz CT molecular complexity index is 502. The van der Waals surface area contributed by atoms with Gasteiger partial charge in [0.2, 0.25) is 0 Å². The summed E-state index contributed by atoms with van der Waals surface area (Å²) in [6.07, 6.45) is 2.46. The normalized spacial score (nSPS) is 36.8. The van der Waals surface area contributed by atoms with Crippen molar-refractivity contribution in [1.82, 2.24) is 0 Å². The third-order valence-corrected chi connectivity index (χ3v) is 4.77. The minimum absolute atomic E-state index is 0.0927. The molecule has 4 atom stereocenters. The minimum Gasteiger partial charge on any atom is -0.515 e. The summed E-state index contributed by atoms with van der Waals surface area (Å²) >= 11 is 0. The molecule has 0 aromatic rings. The molecular formula is C18H30O5. The first-order valence-corrected chi connectivity index (χ1v) is 8.39. The third-order valence-electron chi connectivity index (χ3n) is 4.77. The zero-order valence-corrected chi connectivity index (χ0v) is 15.3. The zero-order chi connectivity index (χ0) is 17.6. The summed E-state index contributed by atoms with van der Waals surface area (Å²) in [5, 5.41) is 9.72. The summed E-state index contributed by atoms with van der Waals surface area (Å²) in [7, 11) is 0. The number of carbonyl (C=O) groups is 1. The van der Waals surface area contributed by atoms with Gasteiger partial charge in [-0.25, -0.2) is 4.79 Å². The van der Waals surface area contributed by atoms with Crippen LogP contribution in [0.2, 0.25) is 0 Å². The highest BCUT2D eigenvalue weighted by atomic mass is 16.8. The SMILES string of the molecule is CC[C@H]1C[C@@H](/C(=C/O)C(=O)OC(C)(C)C)[C@]2(C)OC(C)(C)O[C@H]12. The van der Waals surface area contributed by atoms with E-state index in [9.17, 15) is 9.90 Å². The molecule has 5 nitrogen and oxygen atoms in total. The first-order valence-electron chi connectivity index (χ1n) is 8.39. The van der Waals surface area contributed by atoms with Crippen molar-refractivity contribution in [3.63, 3.8) is 0 Å². The van der Waals surface area contributed by atoms with E-state index in [1.807, 2.05) is 41.5 Å².